The van der Waals surface area contributed by atoms with E-state index in [2.05, 4.69) is 54.5 Å². The molecule has 0 bridgehead atoms. The highest BCUT2D eigenvalue weighted by molar-refractivity contribution is 5.20. The van der Waals surface area contributed by atoms with E-state index in [1.54, 1.807) is 0 Å². The van der Waals surface area contributed by atoms with E-state index in [0.29, 0.717) is 11.8 Å². The Morgan fingerprint density at radius 2 is 1.55 bits per heavy atom. The summed E-state index contributed by atoms with van der Waals surface area (Å²) in [7, 11) is 0. The summed E-state index contributed by atoms with van der Waals surface area (Å²) in [5.41, 5.74) is 0.885. The predicted octanol–water partition coefficient (Wildman–Crippen LogP) is 6.50. The topological polar surface area (TPSA) is 60.7 Å². The molecule has 0 aromatic rings. The number of aliphatic hydroxyl groups excluding tert-OH is 2. The second kappa shape index (κ2) is 8.07. The lowest BCUT2D eigenvalue weighted by molar-refractivity contribution is -0.246. The van der Waals surface area contributed by atoms with Gasteiger partial charge in [0, 0.05) is 0 Å². The van der Waals surface area contributed by atoms with Gasteiger partial charge in [-0.2, -0.15) is 0 Å². The molecule has 4 aliphatic rings. The Balaban J connectivity index is 1.66. The van der Waals surface area contributed by atoms with Crippen molar-refractivity contribution in [2.75, 3.05) is 0 Å². The molecule has 0 aromatic carbocycles. The Bertz CT molecular complexity index is 779. The maximum absolute atomic E-state index is 11.8. The van der Waals surface area contributed by atoms with Crippen molar-refractivity contribution in [3.63, 3.8) is 0 Å². The fraction of sp³-hybridized carbons (Fsp3) is 0.933. The Hall–Kier alpha value is -0.380. The van der Waals surface area contributed by atoms with Crippen molar-refractivity contribution in [1.29, 1.82) is 0 Å². The fourth-order valence-corrected chi connectivity index (χ4v) is 10.3. The van der Waals surface area contributed by atoms with Crippen LogP contribution in [-0.4, -0.2) is 33.1 Å². The zero-order valence-corrected chi connectivity index (χ0v) is 22.7. The number of hydrogen-bond acceptors (Lipinski definition) is 3. The second-order valence-corrected chi connectivity index (χ2v) is 14.5. The molecule has 33 heavy (non-hydrogen) atoms. The summed E-state index contributed by atoms with van der Waals surface area (Å²) in [5.74, 6) is 1.31. The monoisotopic (exact) mass is 460 g/mol. The molecule has 4 aliphatic carbocycles. The van der Waals surface area contributed by atoms with E-state index in [1.165, 1.54) is 18.4 Å². The van der Waals surface area contributed by atoms with Crippen molar-refractivity contribution in [3.8, 4) is 0 Å². The van der Waals surface area contributed by atoms with Gasteiger partial charge in [-0.3, -0.25) is 0 Å². The normalized spacial score (nSPS) is 50.5. The van der Waals surface area contributed by atoms with E-state index in [4.69, 9.17) is 0 Å². The van der Waals surface area contributed by atoms with Gasteiger partial charge in [0.15, 0.2) is 0 Å². The van der Waals surface area contributed by atoms with Crippen LogP contribution < -0.4 is 0 Å². The summed E-state index contributed by atoms with van der Waals surface area (Å²) < 4.78 is 0. The predicted molar refractivity (Wildman–Crippen MR) is 136 cm³/mol. The van der Waals surface area contributed by atoms with Gasteiger partial charge in [-0.25, -0.2) is 0 Å². The summed E-state index contributed by atoms with van der Waals surface area (Å²) in [6, 6.07) is 0. The van der Waals surface area contributed by atoms with Gasteiger partial charge in [-0.1, -0.05) is 46.3 Å². The Labute approximate surface area is 203 Å². The second-order valence-electron chi connectivity index (χ2n) is 14.5. The number of aliphatic hydroxyl groups is 3. The molecule has 3 nitrogen and oxygen atoms in total. The van der Waals surface area contributed by atoms with Gasteiger partial charge in [-0.05, 0) is 124 Å². The summed E-state index contributed by atoms with van der Waals surface area (Å²) in [4.78, 5) is 0. The van der Waals surface area contributed by atoms with Crippen molar-refractivity contribution in [2.45, 2.75) is 131 Å². The first-order valence-corrected chi connectivity index (χ1v) is 13.8. The molecule has 4 rings (SSSR count). The first-order chi connectivity index (χ1) is 15.1. The molecule has 4 fully saturated rings. The molecule has 0 aromatic heterocycles. The van der Waals surface area contributed by atoms with Crippen molar-refractivity contribution < 1.29 is 15.3 Å². The average molecular weight is 461 g/mol. The van der Waals surface area contributed by atoms with Gasteiger partial charge < -0.3 is 15.3 Å². The van der Waals surface area contributed by atoms with Gasteiger partial charge in [0.25, 0.3) is 0 Å². The minimum atomic E-state index is -0.739. The van der Waals surface area contributed by atoms with Crippen LogP contribution in [0.15, 0.2) is 11.6 Å². The fourth-order valence-electron chi connectivity index (χ4n) is 10.3. The molecule has 4 saturated carbocycles. The molecule has 2 unspecified atom stereocenters. The lowest BCUT2D eigenvalue weighted by Gasteiger charge is -2.70. The Morgan fingerprint density at radius 3 is 2.18 bits per heavy atom. The van der Waals surface area contributed by atoms with Crippen LogP contribution in [0.2, 0.25) is 0 Å². The van der Waals surface area contributed by atoms with Crippen LogP contribution in [0.4, 0.5) is 0 Å². The molecule has 0 saturated heterocycles. The van der Waals surface area contributed by atoms with Crippen LogP contribution in [0.5, 0.6) is 0 Å². The summed E-state index contributed by atoms with van der Waals surface area (Å²) in [5, 5.41) is 34.3. The first kappa shape index (κ1) is 25.7. The quantitative estimate of drug-likeness (QED) is 0.420. The van der Waals surface area contributed by atoms with E-state index in [0.717, 1.165) is 44.9 Å². The molecule has 0 amide bonds. The van der Waals surface area contributed by atoms with Gasteiger partial charge >= 0.3 is 0 Å². The number of hydrogen-bond donors (Lipinski definition) is 3. The van der Waals surface area contributed by atoms with Crippen LogP contribution in [0, 0.1) is 45.3 Å². The van der Waals surface area contributed by atoms with Crippen molar-refractivity contribution in [2.24, 2.45) is 45.3 Å². The standard InChI is InChI=1S/C30H52O3/c1-19(2)10-9-14-30(8,33)20-11-16-29(7)25(20)21(31)18-23-27(5)15-13-24(32)26(3,4)22(27)12-17-28(23,29)6/h10,20-25,31-33H,9,11-18H2,1-8H3/t20-,21?,22-,23+,24-,25-,27-,28+,29-,30?/m0/s1. The minimum Gasteiger partial charge on any atom is -0.393 e. The van der Waals surface area contributed by atoms with Crippen molar-refractivity contribution in [3.05, 3.63) is 11.6 Å². The lowest BCUT2D eigenvalue weighted by Crippen LogP contribution is -2.66. The van der Waals surface area contributed by atoms with Crippen LogP contribution >= 0.6 is 0 Å². The highest BCUT2D eigenvalue weighted by Gasteiger charge is 2.71. The maximum atomic E-state index is 11.8. The maximum Gasteiger partial charge on any atom is 0.0654 e. The molecule has 0 radical (unpaired) electrons. The van der Waals surface area contributed by atoms with E-state index in [9.17, 15) is 15.3 Å². The Morgan fingerprint density at radius 1 is 0.909 bits per heavy atom. The molecular weight excluding hydrogens is 408 g/mol. The Kier molecular flexibility index (Phi) is 6.28. The molecule has 0 heterocycles. The van der Waals surface area contributed by atoms with Crippen LogP contribution in [-0.2, 0) is 0 Å². The SMILES string of the molecule is CC(C)=CCCC(C)(O)[C@H]1CC[C@@]2(C)[C@@H]1C(O)C[C@@H]1[C@@]3(C)CC[C@H](O)C(C)(C)[C@@H]3CC[C@]12C. The molecule has 190 valence electrons. The van der Waals surface area contributed by atoms with Crippen molar-refractivity contribution in [1.82, 2.24) is 0 Å². The van der Waals surface area contributed by atoms with E-state index in [1.807, 2.05) is 6.92 Å². The first-order valence-electron chi connectivity index (χ1n) is 13.8. The number of rotatable bonds is 4. The third-order valence-corrected chi connectivity index (χ3v) is 12.4. The van der Waals surface area contributed by atoms with Crippen LogP contribution in [0.1, 0.15) is 113 Å². The molecule has 3 N–H and O–H groups in total. The zero-order valence-electron chi connectivity index (χ0n) is 22.7. The van der Waals surface area contributed by atoms with Gasteiger partial charge in [-0.15, -0.1) is 0 Å². The zero-order chi connectivity index (χ0) is 24.6. The number of fused-ring (bicyclic) bond motifs is 5. The molecular formula is C30H52O3. The summed E-state index contributed by atoms with van der Waals surface area (Å²) in [6.07, 6.45) is 10.6. The molecule has 10 atom stereocenters. The van der Waals surface area contributed by atoms with Gasteiger partial charge in [0.05, 0.1) is 17.8 Å². The summed E-state index contributed by atoms with van der Waals surface area (Å²) in [6.45, 7) is 18.3. The molecule has 3 heteroatoms. The smallest absolute Gasteiger partial charge is 0.0654 e. The number of allylic oxidation sites excluding steroid dienone is 2. The summed E-state index contributed by atoms with van der Waals surface area (Å²) >= 11 is 0. The van der Waals surface area contributed by atoms with Gasteiger partial charge in [0.2, 0.25) is 0 Å². The highest BCUT2D eigenvalue weighted by atomic mass is 16.3. The van der Waals surface area contributed by atoms with E-state index >= 15 is 0 Å². The largest absolute Gasteiger partial charge is 0.393 e. The molecule has 0 aliphatic heterocycles. The molecule has 0 spiro atoms. The van der Waals surface area contributed by atoms with Crippen LogP contribution in [0.25, 0.3) is 0 Å². The van der Waals surface area contributed by atoms with E-state index in [-0.39, 0.29) is 45.7 Å². The van der Waals surface area contributed by atoms with E-state index < -0.39 is 5.60 Å². The minimum absolute atomic E-state index is 0.0503. The third kappa shape index (κ3) is 3.61. The van der Waals surface area contributed by atoms with Gasteiger partial charge in [0.1, 0.15) is 0 Å². The van der Waals surface area contributed by atoms with Crippen molar-refractivity contribution >= 4 is 0 Å². The average Bonchev–Trinajstić information content (AvgIpc) is 3.08. The lowest BCUT2D eigenvalue weighted by atomic mass is 9.35. The highest BCUT2D eigenvalue weighted by Crippen LogP contribution is 2.75. The third-order valence-electron chi connectivity index (χ3n) is 12.4. The van der Waals surface area contributed by atoms with Crippen LogP contribution in [0.3, 0.4) is 0 Å².